The van der Waals surface area contributed by atoms with Gasteiger partial charge in [0.2, 0.25) is 5.95 Å². The molecular formula is C18H21F3N6OS. The first-order valence-electron chi connectivity index (χ1n) is 8.41. The van der Waals surface area contributed by atoms with Gasteiger partial charge in [0.25, 0.3) is 6.43 Å². The van der Waals surface area contributed by atoms with Gasteiger partial charge in [-0.05, 0) is 24.5 Å². The number of nitrogens with one attached hydrogen (secondary N) is 2. The lowest BCUT2D eigenvalue weighted by atomic mass is 10.2. The van der Waals surface area contributed by atoms with Crippen LogP contribution >= 0.6 is 11.8 Å². The van der Waals surface area contributed by atoms with Gasteiger partial charge in [-0.2, -0.15) is 4.98 Å². The van der Waals surface area contributed by atoms with Crippen LogP contribution in [0.25, 0.3) is 0 Å². The summed E-state index contributed by atoms with van der Waals surface area (Å²) >= 11 is 1.58. The summed E-state index contributed by atoms with van der Waals surface area (Å²) in [4.78, 5) is 12.4. The number of nitrogens with zero attached hydrogens (tertiary/aromatic N) is 3. The Labute approximate surface area is 170 Å². The van der Waals surface area contributed by atoms with Crippen LogP contribution in [-0.4, -0.2) is 42.5 Å². The van der Waals surface area contributed by atoms with Gasteiger partial charge in [0, 0.05) is 29.4 Å². The highest BCUT2D eigenvalue weighted by Gasteiger charge is 2.10. The van der Waals surface area contributed by atoms with Crippen LogP contribution in [0, 0.1) is 5.82 Å². The van der Waals surface area contributed by atoms with Crippen molar-refractivity contribution < 1.29 is 17.9 Å². The fourth-order valence-corrected chi connectivity index (χ4v) is 2.69. The number of allylic oxidation sites excluding steroid dienone is 1. The van der Waals surface area contributed by atoms with Gasteiger partial charge >= 0.3 is 0 Å². The molecule has 0 aliphatic heterocycles. The quantitative estimate of drug-likeness (QED) is 0.395. The molecule has 0 aliphatic carbocycles. The van der Waals surface area contributed by atoms with Gasteiger partial charge in [-0.15, -0.1) is 11.8 Å². The number of hydrogen-bond acceptors (Lipinski definition) is 8. The molecule has 0 aliphatic rings. The summed E-state index contributed by atoms with van der Waals surface area (Å²) in [6.45, 7) is -0.395. The van der Waals surface area contributed by atoms with Crippen LogP contribution in [0.5, 0.6) is 5.75 Å². The number of nitrogens with two attached hydrogens (primary N) is 1. The normalized spacial score (nSPS) is 11.9. The molecule has 0 bridgehead atoms. The molecular weight excluding hydrogens is 405 g/mol. The zero-order valence-electron chi connectivity index (χ0n) is 15.8. The van der Waals surface area contributed by atoms with Crippen LogP contribution in [0.4, 0.5) is 24.9 Å². The number of aromatic nitrogens is 2. The van der Waals surface area contributed by atoms with Crippen molar-refractivity contribution in [2.24, 2.45) is 10.7 Å². The minimum Gasteiger partial charge on any atom is -0.496 e. The van der Waals surface area contributed by atoms with E-state index in [0.717, 1.165) is 29.1 Å². The van der Waals surface area contributed by atoms with E-state index in [1.54, 1.807) is 18.9 Å². The van der Waals surface area contributed by atoms with Gasteiger partial charge in [0.05, 0.1) is 25.5 Å². The Morgan fingerprint density at radius 3 is 2.86 bits per heavy atom. The number of aliphatic imine (C=N–C) groups is 1. The lowest BCUT2D eigenvalue weighted by molar-refractivity contribution is 0.159. The predicted molar refractivity (Wildman–Crippen MR) is 109 cm³/mol. The zero-order valence-corrected chi connectivity index (χ0v) is 16.6. The van der Waals surface area contributed by atoms with E-state index in [-0.39, 0.29) is 24.0 Å². The molecule has 11 heteroatoms. The van der Waals surface area contributed by atoms with Crippen molar-refractivity contribution in [1.29, 1.82) is 0 Å². The van der Waals surface area contributed by atoms with Gasteiger partial charge in [-0.3, -0.25) is 4.99 Å². The fraction of sp³-hybridized carbons (Fsp3) is 0.278. The van der Waals surface area contributed by atoms with E-state index in [9.17, 15) is 13.2 Å². The Morgan fingerprint density at radius 1 is 1.41 bits per heavy atom. The summed E-state index contributed by atoms with van der Waals surface area (Å²) in [6, 6.07) is 5.70. The van der Waals surface area contributed by atoms with E-state index in [2.05, 4.69) is 25.6 Å². The summed E-state index contributed by atoms with van der Waals surface area (Å²) in [5, 5.41) is 5.60. The average molecular weight is 426 g/mol. The molecule has 0 spiro atoms. The molecule has 1 aromatic carbocycles. The van der Waals surface area contributed by atoms with Crippen molar-refractivity contribution >= 4 is 29.7 Å². The molecule has 0 amide bonds. The van der Waals surface area contributed by atoms with E-state index in [1.807, 2.05) is 24.5 Å². The highest BCUT2D eigenvalue weighted by atomic mass is 32.2. The number of methoxy groups -OCH3 is 1. The van der Waals surface area contributed by atoms with E-state index >= 15 is 0 Å². The van der Waals surface area contributed by atoms with Crippen molar-refractivity contribution in [3.05, 3.63) is 47.7 Å². The Hall–Kier alpha value is -2.95. The predicted octanol–water partition coefficient (Wildman–Crippen LogP) is 3.51. The molecule has 156 valence electrons. The third-order valence-corrected chi connectivity index (χ3v) is 4.31. The molecule has 0 fully saturated rings. The first-order chi connectivity index (χ1) is 14.0. The molecule has 7 nitrogen and oxygen atoms in total. The average Bonchev–Trinajstić information content (AvgIpc) is 2.72. The summed E-state index contributed by atoms with van der Waals surface area (Å²) in [5.74, 6) is -0.00851. The van der Waals surface area contributed by atoms with Crippen LogP contribution < -0.4 is 21.1 Å². The van der Waals surface area contributed by atoms with Crippen molar-refractivity contribution in [3.63, 3.8) is 0 Å². The summed E-state index contributed by atoms with van der Waals surface area (Å²) < 4.78 is 43.8. The number of anilines is 2. The molecule has 0 saturated carbocycles. The molecule has 2 rings (SSSR count). The van der Waals surface area contributed by atoms with Crippen molar-refractivity contribution in [3.8, 4) is 5.75 Å². The fourth-order valence-electron chi connectivity index (χ4n) is 2.23. The van der Waals surface area contributed by atoms with E-state index in [4.69, 9.17) is 10.5 Å². The SMILES string of the molecule is COc1ccc(SC)cc1CNc1nc(NC(C=NCC(F)F)=CN)ncc1F. The zero-order chi connectivity index (χ0) is 21.2. The standard InChI is InChI=1S/C18H21F3N6OS/c1-28-15-4-3-13(29-2)5-11(15)7-24-17-14(19)9-25-18(27-17)26-12(6-22)8-23-10-16(20)21/h3-6,8-9,16H,7,10,22H2,1-2H3,(H2,24,25,26,27). The van der Waals surface area contributed by atoms with Crippen LogP contribution in [0.2, 0.25) is 0 Å². The van der Waals surface area contributed by atoms with Crippen molar-refractivity contribution in [2.75, 3.05) is 30.5 Å². The van der Waals surface area contributed by atoms with Crippen LogP contribution in [-0.2, 0) is 6.54 Å². The largest absolute Gasteiger partial charge is 0.496 e. The minimum absolute atomic E-state index is 0.0268. The second kappa shape index (κ2) is 11.1. The Morgan fingerprint density at radius 2 is 2.21 bits per heavy atom. The molecule has 1 aromatic heterocycles. The number of ether oxygens (including phenoxy) is 1. The third-order valence-electron chi connectivity index (χ3n) is 3.59. The number of thioether (sulfide) groups is 1. The monoisotopic (exact) mass is 426 g/mol. The van der Waals surface area contributed by atoms with Gasteiger partial charge in [0.15, 0.2) is 11.6 Å². The van der Waals surface area contributed by atoms with Gasteiger partial charge < -0.3 is 21.1 Å². The number of benzene rings is 1. The number of hydrogen-bond donors (Lipinski definition) is 3. The highest BCUT2D eigenvalue weighted by Crippen LogP contribution is 2.25. The second-order valence-electron chi connectivity index (χ2n) is 5.55. The Bertz CT molecular complexity index is 879. The highest BCUT2D eigenvalue weighted by molar-refractivity contribution is 7.98. The van der Waals surface area contributed by atoms with Crippen LogP contribution in [0.1, 0.15) is 5.56 Å². The molecule has 0 radical (unpaired) electrons. The van der Waals surface area contributed by atoms with Gasteiger partial charge in [0.1, 0.15) is 5.75 Å². The summed E-state index contributed by atoms with van der Waals surface area (Å²) in [6.07, 6.45) is 2.62. The minimum atomic E-state index is -2.57. The Balaban J connectivity index is 2.12. The first kappa shape index (κ1) is 22.3. The molecule has 0 unspecified atom stereocenters. The van der Waals surface area contributed by atoms with Crippen LogP contribution in [0.3, 0.4) is 0 Å². The molecule has 29 heavy (non-hydrogen) atoms. The number of halogens is 3. The maximum absolute atomic E-state index is 14.1. The molecule has 0 saturated heterocycles. The van der Waals surface area contributed by atoms with Crippen LogP contribution in [0.15, 0.2) is 46.2 Å². The molecule has 2 aromatic rings. The number of rotatable bonds is 10. The van der Waals surface area contributed by atoms with E-state index < -0.39 is 18.8 Å². The molecule has 0 atom stereocenters. The molecule has 1 heterocycles. The third kappa shape index (κ3) is 6.86. The van der Waals surface area contributed by atoms with Gasteiger partial charge in [-0.25, -0.2) is 18.2 Å². The number of alkyl halides is 2. The topological polar surface area (TPSA) is 97.5 Å². The lowest BCUT2D eigenvalue weighted by Gasteiger charge is -2.13. The second-order valence-corrected chi connectivity index (χ2v) is 6.43. The van der Waals surface area contributed by atoms with Gasteiger partial charge in [-0.1, -0.05) is 0 Å². The van der Waals surface area contributed by atoms with E-state index in [0.29, 0.717) is 5.75 Å². The van der Waals surface area contributed by atoms with Crippen molar-refractivity contribution in [1.82, 2.24) is 9.97 Å². The maximum atomic E-state index is 14.1. The Kier molecular flexibility index (Phi) is 8.59. The van der Waals surface area contributed by atoms with E-state index in [1.165, 1.54) is 0 Å². The smallest absolute Gasteiger partial charge is 0.257 e. The molecule has 4 N–H and O–H groups in total. The lowest BCUT2D eigenvalue weighted by Crippen LogP contribution is -2.11. The summed E-state index contributed by atoms with van der Waals surface area (Å²) in [7, 11) is 1.56. The first-order valence-corrected chi connectivity index (χ1v) is 9.63. The summed E-state index contributed by atoms with van der Waals surface area (Å²) in [5.41, 5.74) is 6.45. The maximum Gasteiger partial charge on any atom is 0.257 e. The van der Waals surface area contributed by atoms with Crippen molar-refractivity contribution in [2.45, 2.75) is 17.9 Å².